The van der Waals surface area contributed by atoms with Gasteiger partial charge in [0.05, 0.1) is 6.04 Å². The molecular weight excluding hydrogens is 533 g/mol. The Hall–Kier alpha value is -2.87. The number of quaternary nitrogens is 1. The summed E-state index contributed by atoms with van der Waals surface area (Å²) in [6.45, 7) is 4.32. The topological polar surface area (TPSA) is 153 Å². The fourth-order valence-corrected chi connectivity index (χ4v) is 5.85. The van der Waals surface area contributed by atoms with Crippen molar-refractivity contribution in [3.63, 3.8) is 0 Å². The molecular formula is C27H38F3N4O6+. The molecule has 1 aromatic rings. The number of halogens is 3. The molecule has 1 saturated heterocycles. The van der Waals surface area contributed by atoms with Crippen LogP contribution in [0.3, 0.4) is 0 Å². The Morgan fingerprint density at radius 2 is 1.82 bits per heavy atom. The molecule has 1 heterocycles. The second kappa shape index (κ2) is 12.3. The number of aldehydes is 1. The Bertz CT molecular complexity index is 1150. The Morgan fingerprint density at radius 1 is 1.20 bits per heavy atom. The Labute approximate surface area is 231 Å². The molecule has 2 aliphatic rings. The minimum absolute atomic E-state index is 0.0525. The molecule has 2 fully saturated rings. The van der Waals surface area contributed by atoms with Crippen LogP contribution < -0.4 is 11.5 Å². The zero-order valence-corrected chi connectivity index (χ0v) is 22.9. The summed E-state index contributed by atoms with van der Waals surface area (Å²) in [5.41, 5.74) is 9.98. The van der Waals surface area contributed by atoms with E-state index in [1.54, 1.807) is 13.8 Å². The van der Waals surface area contributed by atoms with Crippen LogP contribution in [0.25, 0.3) is 0 Å². The summed E-state index contributed by atoms with van der Waals surface area (Å²) in [6.07, 6.45) is 0.208. The zero-order valence-electron chi connectivity index (χ0n) is 22.9. The Morgan fingerprint density at radius 3 is 2.35 bits per heavy atom. The molecule has 5 N–H and O–H groups in total. The van der Waals surface area contributed by atoms with Gasteiger partial charge in [0, 0.05) is 38.0 Å². The molecule has 1 aromatic carbocycles. The van der Waals surface area contributed by atoms with E-state index in [2.05, 4.69) is 0 Å². The van der Waals surface area contributed by atoms with Crippen molar-refractivity contribution in [2.45, 2.75) is 89.2 Å². The molecule has 222 valence electrons. The number of amides is 3. The number of carbonyl (C=O) groups excluding carboxylic acids is 3. The summed E-state index contributed by atoms with van der Waals surface area (Å²) < 4.78 is 46.2. The molecule has 3 rings (SSSR count). The highest BCUT2D eigenvalue weighted by molar-refractivity contribution is 5.85. The first-order valence-electron chi connectivity index (χ1n) is 13.4. The maximum absolute atomic E-state index is 14.2. The first-order chi connectivity index (χ1) is 18.7. The summed E-state index contributed by atoms with van der Waals surface area (Å²) in [6, 6.07) is -2.80. The number of nitrogens with two attached hydrogens (primary N) is 2. The zero-order chi connectivity index (χ0) is 30.0. The average Bonchev–Trinajstić information content (AvgIpc) is 3.61. The summed E-state index contributed by atoms with van der Waals surface area (Å²) >= 11 is 0. The lowest BCUT2D eigenvalue weighted by Gasteiger charge is -2.43. The van der Waals surface area contributed by atoms with E-state index in [-0.39, 0.29) is 43.9 Å². The number of hydrogen-bond donors (Lipinski definition) is 3. The van der Waals surface area contributed by atoms with Gasteiger partial charge in [0.15, 0.2) is 17.9 Å². The fraction of sp³-hybridized carbons (Fsp3) is 0.630. The van der Waals surface area contributed by atoms with Crippen LogP contribution in [0, 0.1) is 23.4 Å². The third kappa shape index (κ3) is 6.22. The number of carbonyl (C=O) groups is 4. The molecule has 0 radical (unpaired) electrons. The van der Waals surface area contributed by atoms with Gasteiger partial charge in [-0.05, 0) is 57.6 Å². The molecule has 3 amide bonds. The Kier molecular flexibility index (Phi) is 9.76. The highest BCUT2D eigenvalue weighted by Crippen LogP contribution is 2.42. The number of carboxylic acid groups (broad SMARTS) is 1. The van der Waals surface area contributed by atoms with E-state index in [1.165, 1.54) is 11.8 Å². The van der Waals surface area contributed by atoms with Crippen LogP contribution in [0.2, 0.25) is 0 Å². The number of ether oxygens (including phenoxy) is 1. The van der Waals surface area contributed by atoms with E-state index in [0.717, 1.165) is 12.8 Å². The molecule has 3 unspecified atom stereocenters. The first kappa shape index (κ1) is 31.7. The molecule has 6 atom stereocenters. The number of benzene rings is 1. The van der Waals surface area contributed by atoms with Gasteiger partial charge in [-0.3, -0.25) is 14.5 Å². The number of imide groups is 1. The SMILES string of the molecule is CCO[C@](C=O)(CC1CC1)N(C(=O)C[C@H](N)Cc1cc(F)c(F)cc1F)[C@H]1CC(C)[N+](C(=O)O)(C(=O)C(C)N)C1. The minimum atomic E-state index is -1.75. The van der Waals surface area contributed by atoms with Crippen molar-refractivity contribution in [3.05, 3.63) is 35.1 Å². The Balaban J connectivity index is 1.99. The van der Waals surface area contributed by atoms with Crippen molar-refractivity contribution in [3.8, 4) is 0 Å². The molecule has 0 spiro atoms. The van der Waals surface area contributed by atoms with Crippen molar-refractivity contribution < 1.29 is 46.7 Å². The van der Waals surface area contributed by atoms with Crippen molar-refractivity contribution in [2.75, 3.05) is 13.2 Å². The predicted octanol–water partition coefficient (Wildman–Crippen LogP) is 2.45. The van der Waals surface area contributed by atoms with Crippen LogP contribution in [0.1, 0.15) is 58.4 Å². The number of rotatable bonds is 12. The van der Waals surface area contributed by atoms with Gasteiger partial charge in [0.25, 0.3) is 0 Å². The highest BCUT2D eigenvalue weighted by Gasteiger charge is 2.61. The maximum Gasteiger partial charge on any atom is 0.521 e. The predicted molar refractivity (Wildman–Crippen MR) is 137 cm³/mol. The molecule has 1 aliphatic carbocycles. The van der Waals surface area contributed by atoms with Gasteiger partial charge < -0.3 is 21.3 Å². The van der Waals surface area contributed by atoms with Crippen LogP contribution in [-0.2, 0) is 25.5 Å². The second-order valence-corrected chi connectivity index (χ2v) is 11.0. The van der Waals surface area contributed by atoms with Crippen LogP contribution in [0.4, 0.5) is 18.0 Å². The van der Waals surface area contributed by atoms with E-state index in [0.29, 0.717) is 18.4 Å². The van der Waals surface area contributed by atoms with Gasteiger partial charge >= 0.3 is 12.0 Å². The number of likely N-dealkylation sites (tertiary alicyclic amines) is 1. The van der Waals surface area contributed by atoms with Crippen molar-refractivity contribution >= 4 is 24.2 Å². The van der Waals surface area contributed by atoms with Crippen molar-refractivity contribution in [2.24, 2.45) is 17.4 Å². The van der Waals surface area contributed by atoms with Gasteiger partial charge in [-0.2, -0.15) is 9.28 Å². The third-order valence-electron chi connectivity index (χ3n) is 7.89. The van der Waals surface area contributed by atoms with Gasteiger partial charge in [0.1, 0.15) is 24.4 Å². The van der Waals surface area contributed by atoms with Crippen molar-refractivity contribution in [1.29, 1.82) is 0 Å². The molecule has 1 saturated carbocycles. The third-order valence-corrected chi connectivity index (χ3v) is 7.89. The summed E-state index contributed by atoms with van der Waals surface area (Å²) in [4.78, 5) is 53.4. The van der Waals surface area contributed by atoms with Crippen LogP contribution in [-0.4, -0.2) is 81.7 Å². The monoisotopic (exact) mass is 571 g/mol. The molecule has 1 aliphatic heterocycles. The standard InChI is InChI=1S/C27H37F3N4O6/c1-4-40-27(14-35,12-17-5-6-17)33(20-7-15(2)34(13-20,26(38)39)25(37)16(3)31)24(36)10-19(32)8-18-9-22(29)23(30)11-21(18)28/h9,11,14-17,19-20H,4-8,10,12-13,31-32H2,1-3H3/p+1/t15?,16?,19-,20+,27+,34?/m1/s1. The lowest BCUT2D eigenvalue weighted by molar-refractivity contribution is -0.793. The quantitative estimate of drug-likeness (QED) is 0.150. The van der Waals surface area contributed by atoms with E-state index >= 15 is 0 Å². The van der Waals surface area contributed by atoms with Gasteiger partial charge in [-0.15, -0.1) is 0 Å². The maximum atomic E-state index is 14.2. The lowest BCUT2D eigenvalue weighted by Crippen LogP contribution is -2.65. The summed E-state index contributed by atoms with van der Waals surface area (Å²) in [7, 11) is 0. The smallest absolute Gasteiger partial charge is 0.435 e. The molecule has 40 heavy (non-hydrogen) atoms. The molecule has 13 heteroatoms. The van der Waals surface area contributed by atoms with E-state index in [4.69, 9.17) is 16.2 Å². The average molecular weight is 572 g/mol. The molecule has 10 nitrogen and oxygen atoms in total. The van der Waals surface area contributed by atoms with E-state index in [1.807, 2.05) is 0 Å². The van der Waals surface area contributed by atoms with Gasteiger partial charge in [0.2, 0.25) is 11.6 Å². The van der Waals surface area contributed by atoms with Crippen LogP contribution in [0.15, 0.2) is 12.1 Å². The molecule has 0 bridgehead atoms. The largest absolute Gasteiger partial charge is 0.521 e. The van der Waals surface area contributed by atoms with Crippen molar-refractivity contribution in [1.82, 2.24) is 4.90 Å². The fourth-order valence-electron chi connectivity index (χ4n) is 5.85. The van der Waals surface area contributed by atoms with E-state index < -0.39 is 76.2 Å². The normalized spacial score (nSPS) is 25.6. The van der Waals surface area contributed by atoms with Crippen LogP contribution in [0.5, 0.6) is 0 Å². The molecule has 0 aromatic heterocycles. The van der Waals surface area contributed by atoms with Gasteiger partial charge in [-0.1, -0.05) is 0 Å². The summed E-state index contributed by atoms with van der Waals surface area (Å²) in [5, 5.41) is 10.2. The summed E-state index contributed by atoms with van der Waals surface area (Å²) in [5.74, 6) is -4.96. The van der Waals surface area contributed by atoms with Crippen LogP contribution >= 0.6 is 0 Å². The second-order valence-electron chi connectivity index (χ2n) is 11.0. The van der Waals surface area contributed by atoms with Gasteiger partial charge in [-0.25, -0.2) is 18.0 Å². The highest BCUT2D eigenvalue weighted by atomic mass is 19.2. The number of hydrogen-bond acceptors (Lipinski definition) is 7. The minimum Gasteiger partial charge on any atom is -0.435 e. The lowest BCUT2D eigenvalue weighted by atomic mass is 9.97. The van der Waals surface area contributed by atoms with E-state index in [9.17, 15) is 37.5 Å². The first-order valence-corrected chi connectivity index (χ1v) is 13.4. The number of nitrogens with zero attached hydrogens (tertiary/aromatic N) is 2.